The average molecular weight is 287 g/mol. The van der Waals surface area contributed by atoms with Gasteiger partial charge in [0.1, 0.15) is 5.02 Å². The van der Waals surface area contributed by atoms with Gasteiger partial charge in [0.25, 0.3) is 5.56 Å². The maximum absolute atomic E-state index is 12.0. The highest BCUT2D eigenvalue weighted by Crippen LogP contribution is 2.18. The molecule has 2 N–H and O–H groups in total. The molecule has 6 nitrogen and oxygen atoms in total. The van der Waals surface area contributed by atoms with Crippen molar-refractivity contribution in [3.63, 3.8) is 0 Å². The van der Waals surface area contributed by atoms with E-state index >= 15 is 0 Å². The van der Waals surface area contributed by atoms with Crippen molar-refractivity contribution >= 4 is 17.3 Å². The molecule has 0 amide bonds. The van der Waals surface area contributed by atoms with Gasteiger partial charge in [-0.05, 0) is 25.9 Å². The van der Waals surface area contributed by atoms with Gasteiger partial charge in [-0.15, -0.1) is 0 Å². The number of hydrogen-bond donors (Lipinski definition) is 2. The van der Waals surface area contributed by atoms with Crippen LogP contribution < -0.4 is 16.2 Å². The summed E-state index contributed by atoms with van der Waals surface area (Å²) < 4.78 is 6.25. The first-order valence-electron chi connectivity index (χ1n) is 6.44. The van der Waals surface area contributed by atoms with Crippen LogP contribution in [0.15, 0.2) is 11.0 Å². The van der Waals surface area contributed by atoms with Gasteiger partial charge in [-0.2, -0.15) is 5.10 Å². The molecule has 0 unspecified atom stereocenters. The minimum absolute atomic E-state index is 0.199. The second kappa shape index (κ2) is 6.88. The van der Waals surface area contributed by atoms with Gasteiger partial charge < -0.3 is 15.4 Å². The minimum Gasteiger partial charge on any atom is -0.383 e. The van der Waals surface area contributed by atoms with Gasteiger partial charge in [-0.1, -0.05) is 11.6 Å². The lowest BCUT2D eigenvalue weighted by Gasteiger charge is -2.24. The van der Waals surface area contributed by atoms with Gasteiger partial charge in [-0.25, -0.2) is 4.68 Å². The first-order chi connectivity index (χ1) is 9.22. The van der Waals surface area contributed by atoms with Gasteiger partial charge in [-0.3, -0.25) is 4.79 Å². The molecule has 19 heavy (non-hydrogen) atoms. The smallest absolute Gasteiger partial charge is 0.287 e. The fourth-order valence-electron chi connectivity index (χ4n) is 2.09. The Labute approximate surface area is 117 Å². The highest BCUT2D eigenvalue weighted by molar-refractivity contribution is 6.32. The summed E-state index contributed by atoms with van der Waals surface area (Å²) in [6.07, 6.45) is 3.65. The van der Waals surface area contributed by atoms with E-state index < -0.39 is 0 Å². The van der Waals surface area contributed by atoms with E-state index in [2.05, 4.69) is 15.7 Å². The lowest BCUT2D eigenvalue weighted by molar-refractivity contribution is 0.182. The molecule has 1 aliphatic rings. The zero-order chi connectivity index (χ0) is 13.7. The third kappa shape index (κ3) is 3.68. The highest BCUT2D eigenvalue weighted by Gasteiger charge is 2.16. The maximum atomic E-state index is 12.0. The second-order valence-electron chi connectivity index (χ2n) is 4.56. The average Bonchev–Trinajstić information content (AvgIpc) is 2.44. The normalized spacial score (nSPS) is 16.5. The van der Waals surface area contributed by atoms with Gasteiger partial charge in [0.15, 0.2) is 0 Å². The van der Waals surface area contributed by atoms with Crippen LogP contribution in [-0.2, 0) is 11.3 Å². The molecule has 1 fully saturated rings. The van der Waals surface area contributed by atoms with Crippen LogP contribution >= 0.6 is 11.6 Å². The molecule has 2 heterocycles. The zero-order valence-electron chi connectivity index (χ0n) is 11.0. The Kier molecular flexibility index (Phi) is 5.18. The molecular formula is C12H19ClN4O2. The van der Waals surface area contributed by atoms with Crippen LogP contribution in [0, 0.1) is 0 Å². The predicted molar refractivity (Wildman–Crippen MR) is 74.9 cm³/mol. The van der Waals surface area contributed by atoms with E-state index in [1.54, 1.807) is 13.3 Å². The van der Waals surface area contributed by atoms with E-state index in [1.165, 1.54) is 4.68 Å². The molecule has 1 aliphatic heterocycles. The predicted octanol–water partition coefficient (Wildman–Crippen LogP) is 0.707. The number of anilines is 1. The van der Waals surface area contributed by atoms with E-state index in [0.29, 0.717) is 24.9 Å². The standard InChI is InChI=1S/C12H19ClN4O2/c1-19-7-6-17-12(18)11(13)10(8-15-17)16-9-2-4-14-5-3-9/h8-9,14,16H,2-7H2,1H3. The molecule has 106 valence electrons. The number of halogens is 1. The Hall–Kier alpha value is -1.11. The molecule has 0 radical (unpaired) electrons. The van der Waals surface area contributed by atoms with E-state index in [1.807, 2.05) is 0 Å². The number of nitrogens with one attached hydrogen (secondary N) is 2. The van der Waals surface area contributed by atoms with Crippen LogP contribution in [0.25, 0.3) is 0 Å². The number of ether oxygens (including phenoxy) is 1. The van der Waals surface area contributed by atoms with E-state index in [9.17, 15) is 4.79 Å². The first kappa shape index (κ1) is 14.3. The molecule has 1 aromatic heterocycles. The summed E-state index contributed by atoms with van der Waals surface area (Å²) in [4.78, 5) is 12.0. The van der Waals surface area contributed by atoms with Crippen molar-refractivity contribution in [1.29, 1.82) is 0 Å². The molecule has 0 bridgehead atoms. The molecule has 0 atom stereocenters. The largest absolute Gasteiger partial charge is 0.383 e. The Morgan fingerprint density at radius 3 is 3.00 bits per heavy atom. The van der Waals surface area contributed by atoms with Gasteiger partial charge in [0.2, 0.25) is 0 Å². The Bertz CT molecular complexity index is 471. The lowest BCUT2D eigenvalue weighted by atomic mass is 10.1. The lowest BCUT2D eigenvalue weighted by Crippen LogP contribution is -2.36. The number of piperidine rings is 1. The SMILES string of the molecule is COCCn1ncc(NC2CCNCC2)c(Cl)c1=O. The monoisotopic (exact) mass is 286 g/mol. The van der Waals surface area contributed by atoms with Crippen molar-refractivity contribution in [2.45, 2.75) is 25.4 Å². The van der Waals surface area contributed by atoms with Gasteiger partial charge >= 0.3 is 0 Å². The van der Waals surface area contributed by atoms with Crippen LogP contribution in [0.4, 0.5) is 5.69 Å². The van der Waals surface area contributed by atoms with E-state index in [0.717, 1.165) is 25.9 Å². The summed E-state index contributed by atoms with van der Waals surface area (Å²) in [5.41, 5.74) is 0.338. The molecule has 1 aromatic rings. The number of aromatic nitrogens is 2. The fourth-order valence-corrected chi connectivity index (χ4v) is 2.29. The molecule has 1 saturated heterocycles. The number of rotatable bonds is 5. The van der Waals surface area contributed by atoms with Crippen LogP contribution in [0.2, 0.25) is 5.02 Å². The second-order valence-corrected chi connectivity index (χ2v) is 4.94. The van der Waals surface area contributed by atoms with Crippen LogP contribution in [0.5, 0.6) is 0 Å². The molecular weight excluding hydrogens is 268 g/mol. The number of nitrogens with zero attached hydrogens (tertiary/aromatic N) is 2. The van der Waals surface area contributed by atoms with Crippen molar-refractivity contribution in [3.8, 4) is 0 Å². The molecule has 0 saturated carbocycles. The molecule has 0 spiro atoms. The molecule has 7 heteroatoms. The van der Waals surface area contributed by atoms with Gasteiger partial charge in [0.05, 0.1) is 25.0 Å². The molecule has 2 rings (SSSR count). The van der Waals surface area contributed by atoms with Crippen molar-refractivity contribution in [2.75, 3.05) is 32.1 Å². The van der Waals surface area contributed by atoms with Crippen molar-refractivity contribution < 1.29 is 4.74 Å². The van der Waals surface area contributed by atoms with Crippen LogP contribution in [0.3, 0.4) is 0 Å². The van der Waals surface area contributed by atoms with E-state index in [-0.39, 0.29) is 10.6 Å². The summed E-state index contributed by atoms with van der Waals surface area (Å²) in [6.45, 7) is 2.80. The Morgan fingerprint density at radius 1 is 1.58 bits per heavy atom. The van der Waals surface area contributed by atoms with Gasteiger partial charge in [0, 0.05) is 13.2 Å². The summed E-state index contributed by atoms with van der Waals surface area (Å²) >= 11 is 6.10. The number of methoxy groups -OCH3 is 1. The Morgan fingerprint density at radius 2 is 2.32 bits per heavy atom. The Balaban J connectivity index is 2.09. The van der Waals surface area contributed by atoms with Crippen LogP contribution in [0.1, 0.15) is 12.8 Å². The summed E-state index contributed by atoms with van der Waals surface area (Å²) in [5, 5.41) is 10.9. The summed E-state index contributed by atoms with van der Waals surface area (Å²) in [6, 6.07) is 0.342. The van der Waals surface area contributed by atoms with Crippen molar-refractivity contribution in [3.05, 3.63) is 21.6 Å². The van der Waals surface area contributed by atoms with Crippen molar-refractivity contribution in [1.82, 2.24) is 15.1 Å². The van der Waals surface area contributed by atoms with Crippen LogP contribution in [-0.4, -0.2) is 42.6 Å². The third-order valence-electron chi connectivity index (χ3n) is 3.19. The van der Waals surface area contributed by atoms with Crippen molar-refractivity contribution in [2.24, 2.45) is 0 Å². The summed E-state index contributed by atoms with van der Waals surface area (Å²) in [7, 11) is 1.58. The van der Waals surface area contributed by atoms with E-state index in [4.69, 9.17) is 16.3 Å². The highest BCUT2D eigenvalue weighted by atomic mass is 35.5. The first-order valence-corrected chi connectivity index (χ1v) is 6.82. The number of hydrogen-bond acceptors (Lipinski definition) is 5. The molecule has 0 aliphatic carbocycles. The topological polar surface area (TPSA) is 68.2 Å². The third-order valence-corrected chi connectivity index (χ3v) is 3.56. The quantitative estimate of drug-likeness (QED) is 0.834. The zero-order valence-corrected chi connectivity index (χ0v) is 11.7. The molecule has 0 aromatic carbocycles. The maximum Gasteiger partial charge on any atom is 0.287 e. The minimum atomic E-state index is -0.280. The summed E-state index contributed by atoms with van der Waals surface area (Å²) in [5.74, 6) is 0. The fraction of sp³-hybridized carbons (Fsp3) is 0.667.